The van der Waals surface area contributed by atoms with Gasteiger partial charge in [0.05, 0.1) is 33.0 Å². The molecule has 0 aliphatic carbocycles. The molecule has 1 amide bonds. The zero-order valence-corrected chi connectivity index (χ0v) is 18.1. The minimum atomic E-state index is -3.52. The smallest absolute Gasteiger partial charge is 0.408 e. The molecule has 0 aromatic heterocycles. The van der Waals surface area contributed by atoms with Crippen molar-refractivity contribution in [3.63, 3.8) is 0 Å². The quantitative estimate of drug-likeness (QED) is 0.225. The van der Waals surface area contributed by atoms with Crippen molar-refractivity contribution in [2.75, 3.05) is 27.1 Å². The number of rotatable bonds is 11. The molecule has 11 heteroatoms. The molecule has 164 valence electrons. The summed E-state index contributed by atoms with van der Waals surface area (Å²) in [5.74, 6) is -1.98. The molecule has 0 bridgehead atoms. The first-order valence-electron chi connectivity index (χ1n) is 8.78. The lowest BCUT2D eigenvalue weighted by Gasteiger charge is -2.24. The maximum absolute atomic E-state index is 12.1. The molecule has 28 heavy (non-hydrogen) atoms. The first-order chi connectivity index (χ1) is 12.8. The molecule has 0 heterocycles. The highest BCUT2D eigenvalue weighted by Gasteiger charge is 2.31. The molecule has 0 aliphatic heterocycles. The van der Waals surface area contributed by atoms with E-state index in [9.17, 15) is 22.8 Å². The van der Waals surface area contributed by atoms with Crippen LogP contribution in [0.25, 0.3) is 0 Å². The fraction of sp³-hybridized carbons (Fsp3) is 0.824. The lowest BCUT2D eigenvalue weighted by atomic mass is 9.94. The summed E-state index contributed by atoms with van der Waals surface area (Å²) in [6, 6.07) is -1.10. The number of nitrogens with one attached hydrogen (secondary N) is 1. The fourth-order valence-electron chi connectivity index (χ4n) is 2.29. The first-order valence-corrected chi connectivity index (χ1v) is 10.6. The van der Waals surface area contributed by atoms with Gasteiger partial charge < -0.3 is 19.5 Å². The summed E-state index contributed by atoms with van der Waals surface area (Å²) < 4.78 is 41.1. The molecule has 1 N–H and O–H groups in total. The van der Waals surface area contributed by atoms with Gasteiger partial charge in [-0.3, -0.25) is 8.98 Å². The summed E-state index contributed by atoms with van der Waals surface area (Å²) in [5, 5.41) is 2.41. The van der Waals surface area contributed by atoms with Crippen LogP contribution in [0, 0.1) is 5.92 Å². The minimum Gasteiger partial charge on any atom is -0.469 e. The molecular weight excluding hydrogens is 394 g/mol. The van der Waals surface area contributed by atoms with Gasteiger partial charge in [0.2, 0.25) is 0 Å². The Balaban J connectivity index is 4.92. The monoisotopic (exact) mass is 425 g/mol. The molecule has 0 aromatic rings. The van der Waals surface area contributed by atoms with Crippen LogP contribution in [-0.2, 0) is 38.1 Å². The normalized spacial score (nSPS) is 13.9. The van der Waals surface area contributed by atoms with Crippen LogP contribution in [-0.4, -0.2) is 65.2 Å². The van der Waals surface area contributed by atoms with E-state index in [1.54, 1.807) is 20.8 Å². The van der Waals surface area contributed by atoms with Crippen molar-refractivity contribution < 1.29 is 41.2 Å². The number of hydrogen-bond acceptors (Lipinski definition) is 9. The van der Waals surface area contributed by atoms with Crippen LogP contribution < -0.4 is 5.32 Å². The lowest BCUT2D eigenvalue weighted by molar-refractivity contribution is -0.148. The van der Waals surface area contributed by atoms with E-state index in [0.29, 0.717) is 19.3 Å². The van der Waals surface area contributed by atoms with Gasteiger partial charge in [-0.25, -0.2) is 9.59 Å². The maximum atomic E-state index is 12.1. The van der Waals surface area contributed by atoms with Crippen LogP contribution in [0.4, 0.5) is 4.79 Å². The number of esters is 2. The van der Waals surface area contributed by atoms with Crippen molar-refractivity contribution in [1.29, 1.82) is 0 Å². The zero-order valence-electron chi connectivity index (χ0n) is 17.3. The van der Waals surface area contributed by atoms with Crippen molar-refractivity contribution in [2.45, 2.75) is 58.1 Å². The molecule has 0 saturated heterocycles. The Morgan fingerprint density at radius 3 is 2.04 bits per heavy atom. The number of methoxy groups -OCH3 is 2. The van der Waals surface area contributed by atoms with Gasteiger partial charge in [-0.2, -0.15) is 8.42 Å². The van der Waals surface area contributed by atoms with Gasteiger partial charge in [-0.05, 0) is 40.0 Å². The van der Waals surface area contributed by atoms with E-state index in [2.05, 4.69) is 9.50 Å². The van der Waals surface area contributed by atoms with Crippen LogP contribution in [0.2, 0.25) is 0 Å². The van der Waals surface area contributed by atoms with E-state index in [-0.39, 0.29) is 13.0 Å². The fourth-order valence-corrected chi connectivity index (χ4v) is 2.71. The van der Waals surface area contributed by atoms with Gasteiger partial charge in [0.1, 0.15) is 11.6 Å². The van der Waals surface area contributed by atoms with Crippen LogP contribution in [0.3, 0.4) is 0 Å². The molecule has 0 spiro atoms. The second kappa shape index (κ2) is 11.8. The van der Waals surface area contributed by atoms with E-state index in [1.807, 2.05) is 0 Å². The topological polar surface area (TPSA) is 134 Å². The van der Waals surface area contributed by atoms with Gasteiger partial charge in [0.15, 0.2) is 0 Å². The highest BCUT2D eigenvalue weighted by atomic mass is 32.2. The summed E-state index contributed by atoms with van der Waals surface area (Å²) in [6.45, 7) is 5.02. The summed E-state index contributed by atoms with van der Waals surface area (Å²) >= 11 is 0. The van der Waals surface area contributed by atoms with Crippen molar-refractivity contribution in [3.8, 4) is 0 Å². The van der Waals surface area contributed by atoms with Crippen molar-refractivity contribution in [3.05, 3.63) is 0 Å². The average molecular weight is 426 g/mol. The Hall–Kier alpha value is -1.88. The Morgan fingerprint density at radius 2 is 1.57 bits per heavy atom. The average Bonchev–Trinajstić information content (AvgIpc) is 2.55. The van der Waals surface area contributed by atoms with Crippen LogP contribution in [0.1, 0.15) is 46.5 Å². The molecule has 0 radical (unpaired) electrons. The Labute approximate surface area is 166 Å². The van der Waals surface area contributed by atoms with Crippen molar-refractivity contribution >= 4 is 28.1 Å². The Morgan fingerprint density at radius 1 is 1.00 bits per heavy atom. The van der Waals surface area contributed by atoms with E-state index in [1.165, 1.54) is 14.2 Å². The minimum absolute atomic E-state index is 0.0106. The molecule has 0 rings (SSSR count). The third-order valence-electron chi connectivity index (χ3n) is 3.48. The highest BCUT2D eigenvalue weighted by Crippen LogP contribution is 2.18. The molecule has 0 aliphatic rings. The van der Waals surface area contributed by atoms with E-state index in [0.717, 1.165) is 6.26 Å². The first kappa shape index (κ1) is 26.1. The third-order valence-corrected chi connectivity index (χ3v) is 4.07. The Bertz CT molecular complexity index is 625. The molecule has 2 atom stereocenters. The molecule has 0 aromatic carbocycles. The zero-order chi connectivity index (χ0) is 22.0. The standard InChI is InChI=1S/C17H31NO9S/c1-17(2,3)27-16(21)18-13(15(20)25-5)11-12(14(19)24-4)9-7-8-10-26-28(6,22)23/h12-13H,7-11H2,1-6H3,(H,18,21). The predicted octanol–water partition coefficient (Wildman–Crippen LogP) is 1.38. The van der Waals surface area contributed by atoms with E-state index < -0.39 is 45.7 Å². The van der Waals surface area contributed by atoms with Gasteiger partial charge >= 0.3 is 18.0 Å². The molecule has 10 nitrogen and oxygen atoms in total. The second-order valence-corrected chi connectivity index (χ2v) is 8.84. The van der Waals surface area contributed by atoms with Crippen LogP contribution in [0.5, 0.6) is 0 Å². The Kier molecular flexibility index (Phi) is 11.1. The van der Waals surface area contributed by atoms with E-state index in [4.69, 9.17) is 14.2 Å². The number of alkyl carbamates (subject to hydrolysis) is 1. The van der Waals surface area contributed by atoms with Crippen molar-refractivity contribution in [1.82, 2.24) is 5.32 Å². The lowest BCUT2D eigenvalue weighted by Crippen LogP contribution is -2.45. The number of amides is 1. The largest absolute Gasteiger partial charge is 0.469 e. The molecule has 0 saturated carbocycles. The molecular formula is C17H31NO9S. The predicted molar refractivity (Wildman–Crippen MR) is 99.9 cm³/mol. The van der Waals surface area contributed by atoms with Crippen LogP contribution in [0.15, 0.2) is 0 Å². The SMILES string of the molecule is COC(=O)C(CCCCOS(C)(=O)=O)CC(NC(=O)OC(C)(C)C)C(=O)OC. The van der Waals surface area contributed by atoms with Crippen molar-refractivity contribution in [2.24, 2.45) is 5.92 Å². The number of unbranched alkanes of at least 4 members (excludes halogenated alkanes) is 1. The van der Waals surface area contributed by atoms with Gasteiger partial charge in [-0.1, -0.05) is 6.42 Å². The summed E-state index contributed by atoms with van der Waals surface area (Å²) in [6.07, 6.45) is 1.24. The molecule has 0 fully saturated rings. The highest BCUT2D eigenvalue weighted by molar-refractivity contribution is 7.85. The van der Waals surface area contributed by atoms with Gasteiger partial charge in [0, 0.05) is 0 Å². The maximum Gasteiger partial charge on any atom is 0.408 e. The van der Waals surface area contributed by atoms with Gasteiger partial charge in [-0.15, -0.1) is 0 Å². The number of hydrogen-bond donors (Lipinski definition) is 1. The third kappa shape index (κ3) is 12.5. The number of ether oxygens (including phenoxy) is 3. The number of carbonyl (C=O) groups excluding carboxylic acids is 3. The molecule has 2 unspecified atom stereocenters. The summed E-state index contributed by atoms with van der Waals surface area (Å²) in [7, 11) is -1.13. The van der Waals surface area contributed by atoms with Gasteiger partial charge in [0.25, 0.3) is 10.1 Å². The second-order valence-electron chi connectivity index (χ2n) is 7.20. The summed E-state index contributed by atoms with van der Waals surface area (Å²) in [5.41, 5.74) is -0.758. The summed E-state index contributed by atoms with van der Waals surface area (Å²) in [4.78, 5) is 36.0. The van der Waals surface area contributed by atoms with Crippen LogP contribution >= 0.6 is 0 Å². The van der Waals surface area contributed by atoms with E-state index >= 15 is 0 Å². The number of carbonyl (C=O) groups is 3.